The van der Waals surface area contributed by atoms with Gasteiger partial charge in [-0.1, -0.05) is 96.1 Å². The number of nitrogens with one attached hydrogen (secondary N) is 2. The van der Waals surface area contributed by atoms with E-state index in [4.69, 9.17) is 10.5 Å². The highest BCUT2D eigenvalue weighted by Crippen LogP contribution is 2.56. The molecule has 3 heterocycles. The molecule has 1 fully saturated rings. The van der Waals surface area contributed by atoms with Crippen LogP contribution in [0.3, 0.4) is 0 Å². The topological polar surface area (TPSA) is 375 Å². The van der Waals surface area contributed by atoms with Gasteiger partial charge in [-0.3, -0.25) is 28.1 Å². The lowest BCUT2D eigenvalue weighted by atomic mass is 9.87. The third kappa shape index (κ3) is 21.9. The van der Waals surface area contributed by atoms with Gasteiger partial charge in [0.2, 0.25) is 11.8 Å². The van der Waals surface area contributed by atoms with Crippen molar-refractivity contribution >= 4 is 69.1 Å². The fourth-order valence-corrected chi connectivity index (χ4v) is 10.1. The number of nitrogens with two attached hydrogens (primary N) is 1. The number of amides is 2. The maximum absolute atomic E-state index is 12.6. The largest absolute Gasteiger partial charge is 0.790 e. The molecule has 7 atom stereocenters. The summed E-state index contributed by atoms with van der Waals surface area (Å²) in [5.74, 6) is -1.14. The van der Waals surface area contributed by atoms with Gasteiger partial charge in [-0.15, -0.1) is 0 Å². The van der Waals surface area contributed by atoms with E-state index in [9.17, 15) is 57.9 Å². The van der Waals surface area contributed by atoms with Gasteiger partial charge < -0.3 is 69.0 Å². The second-order valence-corrected chi connectivity index (χ2v) is 21.8. The highest BCUT2D eigenvalue weighted by Gasteiger charge is 2.47. The Kier molecular flexibility index (Phi) is 25.2. The van der Waals surface area contributed by atoms with Crippen LogP contribution in [0.1, 0.15) is 123 Å². The third-order valence-corrected chi connectivity index (χ3v) is 14.3. The molecule has 1 aliphatic heterocycles. The molecule has 2 unspecified atom stereocenters. The number of aliphatic hydroxyl groups is 2. The first kappa shape index (κ1) is 58.6. The van der Waals surface area contributed by atoms with Crippen LogP contribution < -0.4 is 35.9 Å². The maximum atomic E-state index is 12.6. The number of hydrogen-bond donors (Lipinski definition) is 5. The number of hydrogen-bond acceptors (Lipinski definition) is 22. The van der Waals surface area contributed by atoms with Gasteiger partial charge in [-0.25, -0.2) is 19.3 Å². The molecule has 67 heavy (non-hydrogen) atoms. The van der Waals surface area contributed by atoms with Crippen molar-refractivity contribution in [3.63, 3.8) is 0 Å². The van der Waals surface area contributed by atoms with E-state index in [1.807, 2.05) is 0 Å². The number of allylic oxidation sites excluding steroid dienone is 2. The molecule has 24 nitrogen and oxygen atoms in total. The fourth-order valence-electron chi connectivity index (χ4n) is 6.68. The van der Waals surface area contributed by atoms with E-state index in [0.717, 1.165) is 73.9 Å². The Labute approximate surface area is 394 Å². The van der Waals surface area contributed by atoms with Crippen LogP contribution in [0, 0.1) is 5.41 Å². The lowest BCUT2D eigenvalue weighted by Crippen LogP contribution is -2.46. The Morgan fingerprint density at radius 3 is 2.19 bits per heavy atom. The number of anilines is 1. The molecule has 0 bridgehead atoms. The molecule has 2 aromatic heterocycles. The highest BCUT2D eigenvalue weighted by atomic mass is 32.2. The van der Waals surface area contributed by atoms with Gasteiger partial charge in [0.1, 0.15) is 36.3 Å². The first-order valence-corrected chi connectivity index (χ1v) is 27.5. The van der Waals surface area contributed by atoms with Gasteiger partial charge in [-0.05, 0) is 32.1 Å². The fraction of sp³-hybridized carbons (Fsp3) is 0.744. The quantitative estimate of drug-likeness (QED) is 0.0381. The molecule has 382 valence electrons. The minimum Gasteiger partial charge on any atom is -0.790 e. The zero-order chi connectivity index (χ0) is 49.7. The highest BCUT2D eigenvalue weighted by molar-refractivity contribution is 8.13. The summed E-state index contributed by atoms with van der Waals surface area (Å²) < 4.78 is 60.8. The van der Waals surface area contributed by atoms with E-state index in [-0.39, 0.29) is 41.6 Å². The van der Waals surface area contributed by atoms with Crippen LogP contribution in [0.2, 0.25) is 0 Å². The maximum Gasteiger partial charge on any atom is 0.274 e. The van der Waals surface area contributed by atoms with E-state index in [0.29, 0.717) is 12.2 Å². The van der Waals surface area contributed by atoms with Crippen molar-refractivity contribution in [3.05, 3.63) is 24.8 Å². The number of rotatable bonds is 34. The average molecular weight is 1030 g/mol. The molecule has 1 aliphatic rings. The number of fused-ring (bicyclic) bond motifs is 1. The Hall–Kier alpha value is -2.70. The number of phosphoric acid groups is 3. The second-order valence-electron chi connectivity index (χ2n) is 16.5. The van der Waals surface area contributed by atoms with Crippen LogP contribution >= 0.6 is 35.2 Å². The summed E-state index contributed by atoms with van der Waals surface area (Å²) in [6, 6.07) is 0. The van der Waals surface area contributed by atoms with Gasteiger partial charge in [0, 0.05) is 37.1 Å². The van der Waals surface area contributed by atoms with Crippen molar-refractivity contribution < 1.29 is 80.5 Å². The van der Waals surface area contributed by atoms with Crippen molar-refractivity contribution in [3.8, 4) is 0 Å². The lowest BCUT2D eigenvalue weighted by molar-refractivity contribution is -0.347. The summed E-state index contributed by atoms with van der Waals surface area (Å²) in [5, 5.41) is 26.5. The predicted molar refractivity (Wildman–Crippen MR) is 238 cm³/mol. The Balaban J connectivity index is 1.30. The van der Waals surface area contributed by atoms with Crippen LogP contribution in [0.15, 0.2) is 24.8 Å². The number of ether oxygens (including phenoxy) is 1. The molecular formula is C39H64N7O17P3S-4. The van der Waals surface area contributed by atoms with Crippen LogP contribution in [0.25, 0.3) is 11.2 Å². The molecule has 6 N–H and O–H groups in total. The number of carbonyl (C=O) groups is 3. The standard InChI is InChI=1S/C39H68N7O17P3S/c1-4-5-6-7-8-9-10-11-12-13-14-15-16-17-18-19-30(48)67-23-22-41-29(47)20-21-42-37(51)34(50)39(2,3)25-60-66(57,58)63-65(55,56)59-24-28-33(62-64(52,53)54)32(49)38(61-28)46-27-45-31-35(40)43-26-44-36(31)46/h11-12,26-28,32-34,38,49-50H,4-10,13-25H2,1-3H3,(H,41,47)(H,42,51)(H,55,56)(H,57,58)(H2,40,43,44)(H2,52,53,54)/p-4/b12-11-/t28-,32-,33-,34+,38-/m1/s1. The third-order valence-electron chi connectivity index (χ3n) is 10.4. The van der Waals surface area contributed by atoms with Crippen molar-refractivity contribution in [2.75, 3.05) is 37.8 Å². The van der Waals surface area contributed by atoms with Gasteiger partial charge in [0.15, 0.2) is 22.8 Å². The average Bonchev–Trinajstić information content (AvgIpc) is 3.81. The summed E-state index contributed by atoms with van der Waals surface area (Å²) in [5.41, 5.74) is 4.09. The predicted octanol–water partition coefficient (Wildman–Crippen LogP) is 2.17. The summed E-state index contributed by atoms with van der Waals surface area (Å²) in [6.07, 6.45) is 12.7. The number of imidazole rings is 1. The lowest BCUT2D eigenvalue weighted by Gasteiger charge is -2.36. The van der Waals surface area contributed by atoms with Crippen LogP contribution in [0.4, 0.5) is 5.82 Å². The number of unbranched alkanes of at least 4 members (excludes halogenated alkanes) is 11. The van der Waals surface area contributed by atoms with Crippen molar-refractivity contribution in [2.45, 2.75) is 148 Å². The van der Waals surface area contributed by atoms with E-state index < -0.39 is 84.6 Å². The first-order valence-electron chi connectivity index (χ1n) is 22.2. The monoisotopic (exact) mass is 1030 g/mol. The molecule has 28 heteroatoms. The molecule has 0 radical (unpaired) electrons. The summed E-state index contributed by atoms with van der Waals surface area (Å²) in [4.78, 5) is 96.8. The minimum atomic E-state index is -5.92. The normalized spacial score (nSPS) is 20.2. The SMILES string of the molecule is CCCCCCCC/C=C\CCCCCCCC(=O)SCCNC(=O)CCNC(=O)[C@H](O)C(C)(C)COP(=O)([O-])OP(=O)([O-])OC[C@H]1O[C@@H](n2cnc3c(N)ncnc32)[C@H](O)[C@@H]1OP(=O)([O-])[O-]. The van der Waals surface area contributed by atoms with Crippen LogP contribution in [0.5, 0.6) is 0 Å². The Bertz CT molecular complexity index is 2040. The molecule has 3 rings (SSSR count). The van der Waals surface area contributed by atoms with Crippen molar-refractivity contribution in [1.82, 2.24) is 30.2 Å². The van der Waals surface area contributed by atoms with Crippen molar-refractivity contribution in [1.29, 1.82) is 0 Å². The summed E-state index contributed by atoms with van der Waals surface area (Å²) >= 11 is 1.14. The van der Waals surface area contributed by atoms with Gasteiger partial charge >= 0.3 is 0 Å². The number of aromatic nitrogens is 4. The van der Waals surface area contributed by atoms with Gasteiger partial charge in [-0.2, -0.15) is 0 Å². The molecule has 1 saturated heterocycles. The summed E-state index contributed by atoms with van der Waals surface area (Å²) in [7, 11) is -17.6. The Morgan fingerprint density at radius 2 is 1.54 bits per heavy atom. The Morgan fingerprint density at radius 1 is 0.910 bits per heavy atom. The molecule has 0 aliphatic carbocycles. The zero-order valence-corrected chi connectivity index (χ0v) is 41.5. The van der Waals surface area contributed by atoms with E-state index in [1.54, 1.807) is 0 Å². The number of nitrogens with zero attached hydrogens (tertiary/aromatic N) is 4. The van der Waals surface area contributed by atoms with Crippen molar-refractivity contribution in [2.24, 2.45) is 5.41 Å². The molecule has 0 aromatic carbocycles. The number of thioether (sulfide) groups is 1. The van der Waals surface area contributed by atoms with Crippen LogP contribution in [-0.4, -0.2) is 103 Å². The smallest absolute Gasteiger partial charge is 0.274 e. The van der Waals surface area contributed by atoms with Gasteiger partial charge in [0.05, 0.1) is 27.4 Å². The van der Waals surface area contributed by atoms with Crippen LogP contribution in [-0.2, 0) is 50.7 Å². The first-order chi connectivity index (χ1) is 31.6. The molecule has 2 amide bonds. The van der Waals surface area contributed by atoms with Gasteiger partial charge in [0.25, 0.3) is 15.6 Å². The molecule has 0 spiro atoms. The summed E-state index contributed by atoms with van der Waals surface area (Å²) in [6.45, 7) is 2.39. The number of nitrogen functional groups attached to an aromatic ring is 1. The second kappa shape index (κ2) is 28.8. The van der Waals surface area contributed by atoms with E-state index in [1.165, 1.54) is 52.4 Å². The number of aliphatic hydroxyl groups excluding tert-OH is 2. The minimum absolute atomic E-state index is 0.0188. The zero-order valence-electron chi connectivity index (χ0n) is 38.0. The van der Waals surface area contributed by atoms with E-state index in [2.05, 4.69) is 62.5 Å². The molecule has 0 saturated carbocycles. The number of phosphoric ester groups is 3. The number of carbonyl (C=O) groups excluding carboxylic acids is 3. The van der Waals surface area contributed by atoms with E-state index >= 15 is 0 Å². The molecule has 2 aromatic rings. The molecular weight excluding hydrogens is 963 g/mol.